The van der Waals surface area contributed by atoms with E-state index in [2.05, 4.69) is 44.2 Å². The summed E-state index contributed by atoms with van der Waals surface area (Å²) in [6, 6.07) is 24.3. The van der Waals surface area contributed by atoms with Gasteiger partial charge in [-0.15, -0.1) is 0 Å². The molecule has 0 aromatic heterocycles. The smallest absolute Gasteiger partial charge is 0.410 e. The number of allylic oxidation sites excluding steroid dienone is 2. The van der Waals surface area contributed by atoms with Gasteiger partial charge in [0.2, 0.25) is 0 Å². The molecule has 6 nitrogen and oxygen atoms in total. The largest absolute Gasteiger partial charge is 0.440 e. The molecule has 246 valence electrons. The second-order valence-corrected chi connectivity index (χ2v) is 14.6. The van der Waals surface area contributed by atoms with E-state index < -0.39 is 11.7 Å². The van der Waals surface area contributed by atoms with Gasteiger partial charge in [0.1, 0.15) is 5.60 Å². The Morgan fingerprint density at radius 2 is 1.77 bits per heavy atom. The fraction of sp³-hybridized carbons (Fsp3) is 0.463. The summed E-state index contributed by atoms with van der Waals surface area (Å²) < 4.78 is 12.4. The Bertz CT molecular complexity index is 1640. The van der Waals surface area contributed by atoms with Crippen molar-refractivity contribution >= 4 is 11.9 Å². The van der Waals surface area contributed by atoms with Crippen LogP contribution in [0.4, 0.5) is 4.79 Å². The minimum absolute atomic E-state index is 0.00879. The number of ether oxygens (including phenoxy) is 2. The maximum Gasteiger partial charge on any atom is 0.410 e. The van der Waals surface area contributed by atoms with E-state index in [4.69, 9.17) is 9.47 Å². The lowest BCUT2D eigenvalue weighted by atomic mass is 9.64. The number of carbonyl (C=O) groups is 2. The lowest BCUT2D eigenvalue weighted by molar-refractivity contribution is -0.0374. The average Bonchev–Trinajstić information content (AvgIpc) is 3.78. The summed E-state index contributed by atoms with van der Waals surface area (Å²) in [7, 11) is 0. The first kappa shape index (κ1) is 31.8. The van der Waals surface area contributed by atoms with E-state index in [1.54, 1.807) is 0 Å². The highest BCUT2D eigenvalue weighted by molar-refractivity contribution is 6.10. The van der Waals surface area contributed by atoms with Crippen LogP contribution >= 0.6 is 0 Å². The minimum atomic E-state index is -0.640. The van der Waals surface area contributed by atoms with Gasteiger partial charge in [-0.1, -0.05) is 85.3 Å². The van der Waals surface area contributed by atoms with Gasteiger partial charge in [0.05, 0.1) is 25.3 Å². The van der Waals surface area contributed by atoms with Gasteiger partial charge in [0, 0.05) is 23.1 Å². The van der Waals surface area contributed by atoms with Crippen LogP contribution in [0.15, 0.2) is 84.4 Å². The van der Waals surface area contributed by atoms with Gasteiger partial charge in [-0.3, -0.25) is 4.79 Å². The van der Waals surface area contributed by atoms with Crippen LogP contribution < -0.4 is 0 Å². The molecule has 3 aromatic carbocycles. The van der Waals surface area contributed by atoms with E-state index >= 15 is 0 Å². The Balaban J connectivity index is 1.27. The lowest BCUT2D eigenvalue weighted by Crippen LogP contribution is -2.48. The van der Waals surface area contributed by atoms with Crippen LogP contribution in [0.1, 0.15) is 98.2 Å². The van der Waals surface area contributed by atoms with Crippen LogP contribution in [-0.2, 0) is 15.9 Å². The molecular weight excluding hydrogens is 586 g/mol. The minimum Gasteiger partial charge on any atom is -0.440 e. The van der Waals surface area contributed by atoms with E-state index in [1.165, 1.54) is 5.57 Å². The number of nitrogens with zero attached hydrogens (tertiary/aromatic N) is 1. The molecule has 5 unspecified atom stereocenters. The van der Waals surface area contributed by atoms with Crippen LogP contribution in [0.3, 0.4) is 0 Å². The van der Waals surface area contributed by atoms with Crippen molar-refractivity contribution in [1.29, 1.82) is 0 Å². The van der Waals surface area contributed by atoms with Crippen LogP contribution in [0.2, 0.25) is 0 Å². The van der Waals surface area contributed by atoms with Crippen molar-refractivity contribution < 1.29 is 24.2 Å². The summed E-state index contributed by atoms with van der Waals surface area (Å²) in [5.41, 5.74) is 5.76. The molecule has 2 saturated heterocycles. The first-order chi connectivity index (χ1) is 22.7. The highest BCUT2D eigenvalue weighted by atomic mass is 16.6. The maximum atomic E-state index is 14.5. The zero-order chi connectivity index (χ0) is 32.6. The molecule has 0 radical (unpaired) electrons. The van der Waals surface area contributed by atoms with Crippen molar-refractivity contribution in [2.75, 3.05) is 19.7 Å². The number of amides is 1. The first-order valence-electron chi connectivity index (χ1n) is 17.5. The molecule has 1 N–H and O–H groups in total. The molecule has 1 spiro atoms. The van der Waals surface area contributed by atoms with Gasteiger partial charge in [-0.2, -0.15) is 0 Å². The van der Waals surface area contributed by atoms with Crippen molar-refractivity contribution in [3.8, 4) is 11.1 Å². The van der Waals surface area contributed by atoms with Gasteiger partial charge in [-0.25, -0.2) is 4.79 Å². The van der Waals surface area contributed by atoms with Crippen molar-refractivity contribution in [3.63, 3.8) is 0 Å². The highest BCUT2D eigenvalue weighted by Crippen LogP contribution is 2.61. The lowest BCUT2D eigenvalue weighted by Gasteiger charge is -2.43. The van der Waals surface area contributed by atoms with E-state index in [9.17, 15) is 14.7 Å². The quantitative estimate of drug-likeness (QED) is 0.226. The predicted molar refractivity (Wildman–Crippen MR) is 184 cm³/mol. The van der Waals surface area contributed by atoms with Crippen molar-refractivity contribution in [3.05, 3.63) is 107 Å². The van der Waals surface area contributed by atoms with E-state index in [1.807, 2.05) is 53.4 Å². The van der Waals surface area contributed by atoms with Gasteiger partial charge in [-0.05, 0) is 98.9 Å². The Morgan fingerprint density at radius 1 is 0.979 bits per heavy atom. The molecule has 1 saturated carbocycles. The van der Waals surface area contributed by atoms with Crippen LogP contribution in [0.25, 0.3) is 11.1 Å². The van der Waals surface area contributed by atoms with Gasteiger partial charge in [0.25, 0.3) is 0 Å². The summed E-state index contributed by atoms with van der Waals surface area (Å²) in [6.45, 7) is 6.32. The molecule has 3 aromatic rings. The van der Waals surface area contributed by atoms with E-state index in [0.29, 0.717) is 37.1 Å². The zero-order valence-corrected chi connectivity index (χ0v) is 27.8. The standard InChI is InChI=1S/C41H47NO5/c1-28-8-6-21-40(2)37(20-22-41(40)27-42(39(45)47-41)26-34-11-7-23-46-34)35-19-13-29(24-33(43)18-12-28)25-36(35)38(44)32-16-14-31(15-17-32)30-9-4-3-5-10-30/h3-5,8-10,13-17,19,25,33-34,37,43H,6-7,11-12,18,20-24,26-27H2,1-2H3. The third-order valence-electron chi connectivity index (χ3n) is 11.6. The van der Waals surface area contributed by atoms with Gasteiger partial charge in [0.15, 0.2) is 5.78 Å². The van der Waals surface area contributed by atoms with Gasteiger partial charge >= 0.3 is 6.09 Å². The Labute approximate surface area is 278 Å². The first-order valence-corrected chi connectivity index (χ1v) is 17.5. The highest BCUT2D eigenvalue weighted by Gasteiger charge is 2.64. The third kappa shape index (κ3) is 6.18. The Kier molecular flexibility index (Phi) is 8.84. The van der Waals surface area contributed by atoms with Crippen LogP contribution in [0.5, 0.6) is 0 Å². The molecule has 5 atom stereocenters. The molecule has 3 aliphatic carbocycles. The predicted octanol–water partition coefficient (Wildman–Crippen LogP) is 8.26. The molecule has 2 heterocycles. The monoisotopic (exact) mass is 633 g/mol. The van der Waals surface area contributed by atoms with Gasteiger partial charge < -0.3 is 19.5 Å². The van der Waals surface area contributed by atoms with E-state index in [-0.39, 0.29) is 29.3 Å². The maximum absolute atomic E-state index is 14.5. The van der Waals surface area contributed by atoms with Crippen LogP contribution in [0, 0.1) is 5.41 Å². The average molecular weight is 634 g/mol. The number of aliphatic hydroxyl groups excluding tert-OH is 1. The van der Waals surface area contributed by atoms with Crippen molar-refractivity contribution in [2.45, 2.75) is 95.4 Å². The molecular formula is C41H47NO5. The summed E-state index contributed by atoms with van der Waals surface area (Å²) >= 11 is 0. The summed E-state index contributed by atoms with van der Waals surface area (Å²) in [5.74, 6) is 0.0154. The number of carbonyl (C=O) groups excluding carboxylic acids is 2. The number of benzene rings is 3. The molecule has 1 amide bonds. The summed E-state index contributed by atoms with van der Waals surface area (Å²) in [6.07, 6.45) is 8.92. The Hall–Kier alpha value is -3.74. The third-order valence-corrected chi connectivity index (χ3v) is 11.6. The Morgan fingerprint density at radius 3 is 2.53 bits per heavy atom. The van der Waals surface area contributed by atoms with Crippen molar-refractivity contribution in [1.82, 2.24) is 4.90 Å². The molecule has 5 aliphatic rings. The van der Waals surface area contributed by atoms with Crippen LogP contribution in [-0.4, -0.2) is 59.4 Å². The second-order valence-electron chi connectivity index (χ2n) is 14.6. The number of aliphatic hydroxyl groups is 1. The number of fused-ring (bicyclic) bond motifs is 8. The fourth-order valence-corrected chi connectivity index (χ4v) is 8.76. The summed E-state index contributed by atoms with van der Waals surface area (Å²) in [5, 5.41) is 11.0. The van der Waals surface area contributed by atoms with Crippen molar-refractivity contribution in [2.24, 2.45) is 5.41 Å². The normalized spacial score (nSPS) is 29.4. The molecule has 3 fully saturated rings. The zero-order valence-electron chi connectivity index (χ0n) is 27.8. The van der Waals surface area contributed by atoms with E-state index in [0.717, 1.165) is 73.8 Å². The topological polar surface area (TPSA) is 76.1 Å². The fourth-order valence-electron chi connectivity index (χ4n) is 8.76. The SMILES string of the molecule is CC1=CCCC2(C)C(CCC23CN(CC2CCCO2)C(=O)O3)c2ccc(cc2C(=O)c2ccc(-c3ccccc3)cc2)CC(O)CC1. The number of hydrogen-bond donors (Lipinski definition) is 1. The molecule has 47 heavy (non-hydrogen) atoms. The molecule has 2 bridgehead atoms. The molecule has 6 heteroatoms. The molecule has 2 aliphatic heterocycles. The number of hydrogen-bond acceptors (Lipinski definition) is 5. The number of rotatable bonds is 5. The molecule has 8 rings (SSSR count). The summed E-state index contributed by atoms with van der Waals surface area (Å²) in [4.78, 5) is 29.8. The number of ketones is 1. The second kappa shape index (κ2) is 13.0.